The minimum absolute atomic E-state index is 0.0673. The standard InChI is InChI=1S/C19H24N6O2/c1-10(2)23-18-16(19(20)27)14(5-4-11(3)26)24-15-7-6-13(25-17(15)18)12-8-21-22-9-12/h6-11,26H,4-5H2,1-3H3,(H2,20,27)(H,21,22)(H,23,24). The van der Waals surface area contributed by atoms with E-state index < -0.39 is 12.0 Å². The molecule has 0 saturated carbocycles. The molecule has 0 saturated heterocycles. The molecule has 1 amide bonds. The zero-order valence-electron chi connectivity index (χ0n) is 15.7. The van der Waals surface area contributed by atoms with Crippen LogP contribution in [0.4, 0.5) is 5.69 Å². The average molecular weight is 368 g/mol. The predicted octanol–water partition coefficient (Wildman–Crippen LogP) is 2.25. The van der Waals surface area contributed by atoms with Crippen molar-refractivity contribution in [3.05, 3.63) is 35.8 Å². The van der Waals surface area contributed by atoms with Gasteiger partial charge in [-0.1, -0.05) is 0 Å². The normalized spacial score (nSPS) is 12.5. The molecule has 0 fully saturated rings. The summed E-state index contributed by atoms with van der Waals surface area (Å²) in [6.45, 7) is 5.66. The first-order valence-electron chi connectivity index (χ1n) is 8.94. The maximum absolute atomic E-state index is 12.3. The van der Waals surface area contributed by atoms with Crippen molar-refractivity contribution in [1.82, 2.24) is 20.2 Å². The lowest BCUT2D eigenvalue weighted by atomic mass is 10.0. The maximum atomic E-state index is 12.3. The van der Waals surface area contributed by atoms with Gasteiger partial charge in [-0.25, -0.2) is 4.98 Å². The van der Waals surface area contributed by atoms with E-state index in [1.54, 1.807) is 19.3 Å². The molecule has 0 spiro atoms. The van der Waals surface area contributed by atoms with E-state index in [1.807, 2.05) is 26.0 Å². The highest BCUT2D eigenvalue weighted by molar-refractivity contribution is 6.06. The maximum Gasteiger partial charge on any atom is 0.252 e. The van der Waals surface area contributed by atoms with Crippen molar-refractivity contribution in [2.45, 2.75) is 45.8 Å². The number of aromatic nitrogens is 4. The molecule has 0 aliphatic carbocycles. The van der Waals surface area contributed by atoms with E-state index in [2.05, 4.69) is 20.5 Å². The summed E-state index contributed by atoms with van der Waals surface area (Å²) in [5, 5.41) is 19.7. The highest BCUT2D eigenvalue weighted by Gasteiger charge is 2.21. The van der Waals surface area contributed by atoms with Crippen LogP contribution in [0.2, 0.25) is 0 Å². The Morgan fingerprint density at radius 1 is 1.30 bits per heavy atom. The number of nitrogens with one attached hydrogen (secondary N) is 2. The van der Waals surface area contributed by atoms with Gasteiger partial charge < -0.3 is 16.2 Å². The molecular weight excluding hydrogens is 344 g/mol. The molecular formula is C19H24N6O2. The van der Waals surface area contributed by atoms with E-state index in [9.17, 15) is 9.90 Å². The van der Waals surface area contributed by atoms with E-state index in [4.69, 9.17) is 10.7 Å². The molecule has 1 atom stereocenters. The fourth-order valence-electron chi connectivity index (χ4n) is 2.96. The van der Waals surface area contributed by atoms with E-state index in [-0.39, 0.29) is 6.04 Å². The Labute approximate surface area is 157 Å². The van der Waals surface area contributed by atoms with Gasteiger partial charge in [0.1, 0.15) is 5.52 Å². The number of aromatic amines is 1. The summed E-state index contributed by atoms with van der Waals surface area (Å²) in [5.74, 6) is -0.566. The molecule has 0 radical (unpaired) electrons. The van der Waals surface area contributed by atoms with Gasteiger partial charge in [0.05, 0.1) is 40.5 Å². The number of hydrogen-bond donors (Lipinski definition) is 4. The number of aryl methyl sites for hydroxylation is 1. The van der Waals surface area contributed by atoms with Crippen LogP contribution in [0.5, 0.6) is 0 Å². The van der Waals surface area contributed by atoms with Gasteiger partial charge in [-0.3, -0.25) is 14.9 Å². The first-order valence-corrected chi connectivity index (χ1v) is 8.94. The fourth-order valence-corrected chi connectivity index (χ4v) is 2.96. The van der Waals surface area contributed by atoms with Gasteiger partial charge in [0.2, 0.25) is 0 Å². The van der Waals surface area contributed by atoms with Crippen LogP contribution in [0.1, 0.15) is 43.2 Å². The molecule has 8 nitrogen and oxygen atoms in total. The Bertz CT molecular complexity index is 950. The van der Waals surface area contributed by atoms with Gasteiger partial charge in [-0.2, -0.15) is 5.10 Å². The molecule has 142 valence electrons. The molecule has 0 aliphatic heterocycles. The third kappa shape index (κ3) is 4.06. The van der Waals surface area contributed by atoms with Crippen molar-refractivity contribution >= 4 is 22.6 Å². The quantitative estimate of drug-likeness (QED) is 0.506. The number of anilines is 1. The largest absolute Gasteiger partial charge is 0.393 e. The summed E-state index contributed by atoms with van der Waals surface area (Å²) in [6, 6.07) is 3.80. The Hall–Kier alpha value is -3.00. The van der Waals surface area contributed by atoms with Crippen molar-refractivity contribution in [3.8, 4) is 11.3 Å². The number of carbonyl (C=O) groups is 1. The molecule has 0 bridgehead atoms. The van der Waals surface area contributed by atoms with Crippen LogP contribution in [0.3, 0.4) is 0 Å². The zero-order chi connectivity index (χ0) is 19.6. The van der Waals surface area contributed by atoms with Crippen LogP contribution in [0.15, 0.2) is 24.5 Å². The van der Waals surface area contributed by atoms with Gasteiger partial charge in [0.25, 0.3) is 5.91 Å². The number of carbonyl (C=O) groups excluding carboxylic acids is 1. The van der Waals surface area contributed by atoms with Gasteiger partial charge in [0.15, 0.2) is 0 Å². The second kappa shape index (κ2) is 7.71. The third-order valence-corrected chi connectivity index (χ3v) is 4.18. The molecule has 8 heteroatoms. The highest BCUT2D eigenvalue weighted by atomic mass is 16.3. The number of amides is 1. The van der Waals surface area contributed by atoms with Crippen molar-refractivity contribution in [3.63, 3.8) is 0 Å². The van der Waals surface area contributed by atoms with Crippen LogP contribution in [-0.2, 0) is 6.42 Å². The summed E-state index contributed by atoms with van der Waals surface area (Å²) in [4.78, 5) is 21.6. The van der Waals surface area contributed by atoms with E-state index in [1.165, 1.54) is 0 Å². The minimum Gasteiger partial charge on any atom is -0.393 e. The molecule has 3 heterocycles. The lowest BCUT2D eigenvalue weighted by Crippen LogP contribution is -2.22. The van der Waals surface area contributed by atoms with Gasteiger partial charge >= 0.3 is 0 Å². The number of aliphatic hydroxyl groups is 1. The minimum atomic E-state index is -0.566. The van der Waals surface area contributed by atoms with Crippen LogP contribution < -0.4 is 11.1 Å². The smallest absolute Gasteiger partial charge is 0.252 e. The monoisotopic (exact) mass is 368 g/mol. The highest BCUT2D eigenvalue weighted by Crippen LogP contribution is 2.30. The third-order valence-electron chi connectivity index (χ3n) is 4.18. The van der Waals surface area contributed by atoms with Crippen LogP contribution in [0.25, 0.3) is 22.3 Å². The van der Waals surface area contributed by atoms with E-state index in [0.717, 1.165) is 11.3 Å². The topological polar surface area (TPSA) is 130 Å². The molecule has 1 unspecified atom stereocenters. The van der Waals surface area contributed by atoms with Crippen LogP contribution in [-0.4, -0.2) is 43.3 Å². The molecule has 0 aliphatic rings. The number of nitrogens with zero attached hydrogens (tertiary/aromatic N) is 3. The number of pyridine rings is 2. The second-order valence-electron chi connectivity index (χ2n) is 6.91. The van der Waals surface area contributed by atoms with Crippen molar-refractivity contribution in [1.29, 1.82) is 0 Å². The SMILES string of the molecule is CC(O)CCc1nc2ccc(-c3cn[nH]c3)nc2c(NC(C)C)c1C(N)=O. The Morgan fingerprint density at radius 3 is 2.67 bits per heavy atom. The summed E-state index contributed by atoms with van der Waals surface area (Å²) in [7, 11) is 0. The van der Waals surface area contributed by atoms with Gasteiger partial charge in [-0.15, -0.1) is 0 Å². The molecule has 0 aromatic carbocycles. The first-order chi connectivity index (χ1) is 12.9. The molecule has 27 heavy (non-hydrogen) atoms. The second-order valence-corrected chi connectivity index (χ2v) is 6.91. The first kappa shape index (κ1) is 18.8. The summed E-state index contributed by atoms with van der Waals surface area (Å²) in [6.07, 6.45) is 3.88. The molecule has 3 aromatic heterocycles. The van der Waals surface area contributed by atoms with Crippen molar-refractivity contribution < 1.29 is 9.90 Å². The fraction of sp³-hybridized carbons (Fsp3) is 0.368. The Morgan fingerprint density at radius 2 is 2.07 bits per heavy atom. The van der Waals surface area contributed by atoms with Crippen LogP contribution >= 0.6 is 0 Å². The summed E-state index contributed by atoms with van der Waals surface area (Å²) in [5.41, 5.74) is 9.97. The number of aliphatic hydroxyl groups excluding tert-OH is 1. The molecule has 5 N–H and O–H groups in total. The molecule has 3 aromatic rings. The van der Waals surface area contributed by atoms with Crippen LogP contribution in [0, 0.1) is 0 Å². The Kier molecular flexibility index (Phi) is 5.36. The number of nitrogens with two attached hydrogens (primary N) is 1. The van der Waals surface area contributed by atoms with Crippen molar-refractivity contribution in [2.24, 2.45) is 5.73 Å². The zero-order valence-corrected chi connectivity index (χ0v) is 15.7. The van der Waals surface area contributed by atoms with Gasteiger partial charge in [0, 0.05) is 17.8 Å². The predicted molar refractivity (Wildman–Crippen MR) is 104 cm³/mol. The summed E-state index contributed by atoms with van der Waals surface area (Å²) >= 11 is 0. The van der Waals surface area contributed by atoms with Crippen molar-refractivity contribution in [2.75, 3.05) is 5.32 Å². The van der Waals surface area contributed by atoms with E-state index in [0.29, 0.717) is 40.8 Å². The number of H-pyrrole nitrogens is 1. The lowest BCUT2D eigenvalue weighted by molar-refractivity contribution is 0.0999. The molecule has 3 rings (SSSR count). The number of primary amides is 1. The summed E-state index contributed by atoms with van der Waals surface area (Å²) < 4.78 is 0. The number of rotatable bonds is 7. The lowest BCUT2D eigenvalue weighted by Gasteiger charge is -2.19. The van der Waals surface area contributed by atoms with E-state index >= 15 is 0 Å². The number of fused-ring (bicyclic) bond motifs is 1. The average Bonchev–Trinajstić information content (AvgIpc) is 3.13. The Balaban J connectivity index is 2.24. The van der Waals surface area contributed by atoms with Gasteiger partial charge in [-0.05, 0) is 45.7 Å². The number of hydrogen-bond acceptors (Lipinski definition) is 6.